The van der Waals surface area contributed by atoms with Crippen LogP contribution in [0.4, 0.5) is 30.6 Å². The summed E-state index contributed by atoms with van der Waals surface area (Å²) < 4.78 is 39.5. The van der Waals surface area contributed by atoms with Gasteiger partial charge in [-0.1, -0.05) is 15.9 Å². The molecule has 2 heterocycles. The highest BCUT2D eigenvalue weighted by atomic mass is 79.9. The summed E-state index contributed by atoms with van der Waals surface area (Å²) in [5, 5.41) is 15.1. The molecule has 10 heteroatoms. The van der Waals surface area contributed by atoms with Gasteiger partial charge in [-0.2, -0.15) is 18.2 Å². The van der Waals surface area contributed by atoms with E-state index in [1.165, 1.54) is 12.1 Å². The normalized spacial score (nSPS) is 12.5. The van der Waals surface area contributed by atoms with Gasteiger partial charge >= 0.3 is 6.18 Å². The molecule has 0 aliphatic rings. The third kappa shape index (κ3) is 5.42. The number of aliphatic hydroxyl groups excluding tert-OH is 1. The summed E-state index contributed by atoms with van der Waals surface area (Å²) in [6.45, 7) is 1.61. The number of halogens is 4. The van der Waals surface area contributed by atoms with E-state index in [-0.39, 0.29) is 28.8 Å². The molecule has 0 aliphatic carbocycles. The molecule has 1 aromatic carbocycles. The third-order valence-electron chi connectivity index (χ3n) is 3.88. The maximum absolute atomic E-state index is 13.2. The van der Waals surface area contributed by atoms with Gasteiger partial charge in [-0.25, -0.2) is 4.98 Å². The number of pyridine rings is 1. The molecule has 0 saturated heterocycles. The zero-order valence-electron chi connectivity index (χ0n) is 15.2. The second-order valence-electron chi connectivity index (χ2n) is 6.25. The summed E-state index contributed by atoms with van der Waals surface area (Å²) in [5.74, 6) is 0.519. The van der Waals surface area contributed by atoms with Gasteiger partial charge in [-0.3, -0.25) is 4.98 Å². The summed E-state index contributed by atoms with van der Waals surface area (Å²) in [7, 11) is 0. The van der Waals surface area contributed by atoms with E-state index >= 15 is 0 Å². The summed E-state index contributed by atoms with van der Waals surface area (Å²) in [4.78, 5) is 12.8. The van der Waals surface area contributed by atoms with Crippen LogP contribution in [0.5, 0.6) is 0 Å². The number of hydrogen-bond donors (Lipinski definition) is 3. The van der Waals surface area contributed by atoms with Crippen LogP contribution in [0, 0.1) is 0 Å². The highest BCUT2D eigenvalue weighted by Gasteiger charge is 2.33. The van der Waals surface area contributed by atoms with Crippen molar-refractivity contribution in [2.75, 3.05) is 17.2 Å². The number of hydrogen-bond acceptors (Lipinski definition) is 6. The molecule has 0 spiro atoms. The predicted molar refractivity (Wildman–Crippen MR) is 108 cm³/mol. The number of nitrogens with one attached hydrogen (secondary N) is 2. The van der Waals surface area contributed by atoms with Gasteiger partial charge in [0, 0.05) is 40.2 Å². The van der Waals surface area contributed by atoms with Crippen molar-refractivity contribution in [3.63, 3.8) is 0 Å². The lowest BCUT2D eigenvalue weighted by Gasteiger charge is -2.15. The van der Waals surface area contributed by atoms with Gasteiger partial charge in [0.05, 0.1) is 17.9 Å². The number of benzene rings is 1. The van der Waals surface area contributed by atoms with Crippen molar-refractivity contribution < 1.29 is 18.3 Å². The number of alkyl halides is 3. The molecule has 0 radical (unpaired) electrons. The maximum Gasteiger partial charge on any atom is 0.417 e. The molecular formula is C19H17BrF3N5O. The first-order valence-electron chi connectivity index (χ1n) is 8.57. The Labute approximate surface area is 173 Å². The van der Waals surface area contributed by atoms with Crippen molar-refractivity contribution in [1.82, 2.24) is 15.0 Å². The number of nitrogens with zero attached hydrogens (tertiary/aromatic N) is 3. The van der Waals surface area contributed by atoms with Crippen molar-refractivity contribution in [3.05, 3.63) is 58.8 Å². The Kier molecular flexibility index (Phi) is 6.33. The van der Waals surface area contributed by atoms with Crippen molar-refractivity contribution in [1.29, 1.82) is 0 Å². The fourth-order valence-electron chi connectivity index (χ4n) is 2.47. The van der Waals surface area contributed by atoms with Gasteiger partial charge < -0.3 is 15.7 Å². The van der Waals surface area contributed by atoms with Crippen LogP contribution in [0.1, 0.15) is 12.5 Å². The van der Waals surface area contributed by atoms with Crippen molar-refractivity contribution >= 4 is 33.4 Å². The van der Waals surface area contributed by atoms with E-state index in [0.29, 0.717) is 17.1 Å². The molecule has 3 aromatic rings. The summed E-state index contributed by atoms with van der Waals surface area (Å²) in [5.41, 5.74) is 0.662. The van der Waals surface area contributed by atoms with E-state index < -0.39 is 11.7 Å². The monoisotopic (exact) mass is 467 g/mol. The smallest absolute Gasteiger partial charge is 0.394 e. The van der Waals surface area contributed by atoms with E-state index in [2.05, 4.69) is 41.5 Å². The number of anilines is 3. The lowest BCUT2D eigenvalue weighted by Crippen LogP contribution is -2.21. The van der Waals surface area contributed by atoms with Crippen LogP contribution in [-0.4, -0.2) is 32.7 Å². The van der Waals surface area contributed by atoms with Gasteiger partial charge in [0.2, 0.25) is 5.95 Å². The van der Waals surface area contributed by atoms with Crippen LogP contribution >= 0.6 is 15.9 Å². The third-order valence-corrected chi connectivity index (χ3v) is 4.57. The Morgan fingerprint density at radius 2 is 1.97 bits per heavy atom. The molecule has 29 heavy (non-hydrogen) atoms. The maximum atomic E-state index is 13.2. The molecule has 6 nitrogen and oxygen atoms in total. The molecule has 0 amide bonds. The first-order chi connectivity index (χ1) is 13.8. The molecule has 3 N–H and O–H groups in total. The summed E-state index contributed by atoms with van der Waals surface area (Å²) in [6.07, 6.45) is -1.25. The number of aromatic nitrogens is 3. The Hall–Kier alpha value is -2.72. The van der Waals surface area contributed by atoms with Gasteiger partial charge in [-0.05, 0) is 37.3 Å². The molecule has 152 valence electrons. The lowest BCUT2D eigenvalue weighted by atomic mass is 10.2. The molecule has 1 atom stereocenters. The molecule has 2 aromatic heterocycles. The summed E-state index contributed by atoms with van der Waals surface area (Å²) >= 11 is 2.93. The minimum absolute atomic E-state index is 0.0478. The Bertz CT molecular complexity index is 985. The van der Waals surface area contributed by atoms with E-state index in [1.54, 1.807) is 37.5 Å². The number of aliphatic hydroxyl groups is 1. The molecular weight excluding hydrogens is 451 g/mol. The molecule has 0 aliphatic heterocycles. The predicted octanol–water partition coefficient (Wildman–Crippen LogP) is 4.86. The minimum atomic E-state index is -4.49. The molecule has 0 saturated carbocycles. The van der Waals surface area contributed by atoms with Crippen LogP contribution in [0.2, 0.25) is 0 Å². The fourth-order valence-corrected chi connectivity index (χ4v) is 2.94. The van der Waals surface area contributed by atoms with Gasteiger partial charge in [-0.15, -0.1) is 0 Å². The van der Waals surface area contributed by atoms with Crippen molar-refractivity contribution in [2.45, 2.75) is 19.1 Å². The first-order valence-corrected chi connectivity index (χ1v) is 9.36. The first kappa shape index (κ1) is 21.0. The highest BCUT2D eigenvalue weighted by Crippen LogP contribution is 2.37. The quantitative estimate of drug-likeness (QED) is 0.480. The summed E-state index contributed by atoms with van der Waals surface area (Å²) in [6, 6.07) is 8.69. The zero-order valence-corrected chi connectivity index (χ0v) is 16.8. The zero-order chi connectivity index (χ0) is 21.0. The Morgan fingerprint density at radius 1 is 1.17 bits per heavy atom. The fraction of sp³-hybridized carbons (Fsp3) is 0.211. The van der Waals surface area contributed by atoms with E-state index in [0.717, 1.165) is 6.07 Å². The average molecular weight is 468 g/mol. The van der Waals surface area contributed by atoms with E-state index in [1.807, 2.05) is 0 Å². The SMILES string of the molecule is C[C@@H](CO)Nc1nc(Nc2ccc(Br)c(C(F)(F)F)c2)cc(-c2cccnc2)n1. The van der Waals surface area contributed by atoms with Crippen molar-refractivity contribution in [3.8, 4) is 11.3 Å². The lowest BCUT2D eigenvalue weighted by molar-refractivity contribution is -0.138. The molecule has 0 unspecified atom stereocenters. The average Bonchev–Trinajstić information content (AvgIpc) is 2.69. The van der Waals surface area contributed by atoms with Gasteiger partial charge in [0.1, 0.15) is 5.82 Å². The molecule has 3 rings (SSSR count). The standard InChI is InChI=1S/C19H17BrF3N5O/c1-11(10-29)25-18-27-16(12-3-2-6-24-9-12)8-17(28-18)26-13-4-5-15(20)14(7-13)19(21,22)23/h2-9,11,29H,10H2,1H3,(H2,25,26,27,28)/t11-/m0/s1. The minimum Gasteiger partial charge on any atom is -0.394 e. The van der Waals surface area contributed by atoms with Crippen LogP contribution in [0.3, 0.4) is 0 Å². The number of rotatable bonds is 6. The van der Waals surface area contributed by atoms with Gasteiger partial charge in [0.15, 0.2) is 0 Å². The van der Waals surface area contributed by atoms with Crippen LogP contribution in [0.25, 0.3) is 11.3 Å². The Balaban J connectivity index is 1.99. The van der Waals surface area contributed by atoms with Gasteiger partial charge in [0.25, 0.3) is 0 Å². The Morgan fingerprint density at radius 3 is 2.62 bits per heavy atom. The van der Waals surface area contributed by atoms with E-state index in [9.17, 15) is 18.3 Å². The molecule has 0 fully saturated rings. The van der Waals surface area contributed by atoms with Crippen molar-refractivity contribution in [2.24, 2.45) is 0 Å². The van der Waals surface area contributed by atoms with Crippen LogP contribution < -0.4 is 10.6 Å². The second-order valence-corrected chi connectivity index (χ2v) is 7.10. The van der Waals surface area contributed by atoms with E-state index in [4.69, 9.17) is 0 Å². The largest absolute Gasteiger partial charge is 0.417 e. The molecule has 0 bridgehead atoms. The topological polar surface area (TPSA) is 83.0 Å². The van der Waals surface area contributed by atoms with Crippen LogP contribution in [-0.2, 0) is 6.18 Å². The second kappa shape index (κ2) is 8.75. The highest BCUT2D eigenvalue weighted by molar-refractivity contribution is 9.10. The van der Waals surface area contributed by atoms with Crippen LogP contribution in [0.15, 0.2) is 53.3 Å².